The number of benzene rings is 1. The third kappa shape index (κ3) is 9.76. The molecule has 2 aromatic rings. The van der Waals surface area contributed by atoms with E-state index in [1.54, 1.807) is 20.0 Å². The fraction of sp³-hybridized carbons (Fsp3) is 0.548. The fourth-order valence-corrected chi connectivity index (χ4v) is 5.58. The number of fused-ring (bicyclic) bond motifs is 1. The molecule has 1 aliphatic heterocycles. The highest BCUT2D eigenvalue weighted by atomic mass is 16.2. The number of carbonyl (C=O) groups is 6. The molecular formula is C31H46N8O6. The van der Waals surface area contributed by atoms with Gasteiger partial charge in [-0.25, -0.2) is 0 Å². The molecule has 14 heteroatoms. The van der Waals surface area contributed by atoms with Crippen LogP contribution in [0.25, 0.3) is 10.9 Å². The van der Waals surface area contributed by atoms with Crippen molar-refractivity contribution >= 4 is 46.3 Å². The number of nitrogens with one attached hydrogen (secondary N) is 5. The van der Waals surface area contributed by atoms with E-state index in [9.17, 15) is 28.8 Å². The van der Waals surface area contributed by atoms with Crippen LogP contribution in [0.2, 0.25) is 0 Å². The lowest BCUT2D eigenvalue weighted by atomic mass is 10.0. The summed E-state index contributed by atoms with van der Waals surface area (Å²) < 4.78 is 0. The van der Waals surface area contributed by atoms with Crippen LogP contribution in [0.15, 0.2) is 30.5 Å². The van der Waals surface area contributed by atoms with Gasteiger partial charge in [0.05, 0.1) is 6.54 Å². The van der Waals surface area contributed by atoms with Gasteiger partial charge in [0, 0.05) is 37.0 Å². The van der Waals surface area contributed by atoms with Crippen LogP contribution in [-0.2, 0) is 35.2 Å². The molecule has 1 aromatic heterocycles. The standard InChI is InChI=1S/C31H46N8O6/c1-18(2)27(28(33)42)38-30(44)25-12-8-14-39(25)31(45)23(11-6-7-13-32)37-26(41)17-35-29(43)24(36-19(3)40)15-20-16-34-22-10-5-4-9-21(20)22/h4-5,9-10,16,18,23-25,27,34H,6-8,11-15,17,32H2,1-3H3,(H2,33,42)(H,35,43)(H,36,40)(H,37,41)(H,38,44)/t23-,24-,25-,27-/m0/s1. The summed E-state index contributed by atoms with van der Waals surface area (Å²) in [5.41, 5.74) is 12.8. The predicted molar refractivity (Wildman–Crippen MR) is 168 cm³/mol. The summed E-state index contributed by atoms with van der Waals surface area (Å²) in [7, 11) is 0. The minimum atomic E-state index is -0.955. The molecule has 4 atom stereocenters. The fourth-order valence-electron chi connectivity index (χ4n) is 5.58. The molecular weight excluding hydrogens is 580 g/mol. The van der Waals surface area contributed by atoms with Gasteiger partial charge in [-0.15, -0.1) is 0 Å². The Morgan fingerprint density at radius 3 is 2.42 bits per heavy atom. The van der Waals surface area contributed by atoms with E-state index in [4.69, 9.17) is 11.5 Å². The van der Waals surface area contributed by atoms with Crippen molar-refractivity contribution in [3.05, 3.63) is 36.0 Å². The second kappa shape index (κ2) is 16.6. The highest BCUT2D eigenvalue weighted by Gasteiger charge is 2.39. The summed E-state index contributed by atoms with van der Waals surface area (Å²) >= 11 is 0. The number of nitrogens with zero attached hydrogens (tertiary/aromatic N) is 1. The number of unbranched alkanes of at least 4 members (excludes halogenated alkanes) is 1. The average molecular weight is 627 g/mol. The maximum Gasteiger partial charge on any atom is 0.245 e. The Bertz CT molecular complexity index is 1370. The zero-order valence-corrected chi connectivity index (χ0v) is 26.2. The first-order valence-corrected chi connectivity index (χ1v) is 15.4. The Hall–Kier alpha value is -4.46. The largest absolute Gasteiger partial charge is 0.368 e. The molecule has 14 nitrogen and oxygen atoms in total. The van der Waals surface area contributed by atoms with Gasteiger partial charge in [-0.2, -0.15) is 0 Å². The first-order valence-electron chi connectivity index (χ1n) is 15.4. The molecule has 1 aromatic carbocycles. The number of primary amides is 1. The molecule has 2 heterocycles. The smallest absolute Gasteiger partial charge is 0.245 e. The summed E-state index contributed by atoms with van der Waals surface area (Å²) in [4.78, 5) is 81.2. The molecule has 0 spiro atoms. The molecule has 0 saturated carbocycles. The van der Waals surface area contributed by atoms with Crippen LogP contribution in [-0.4, -0.2) is 89.1 Å². The van der Waals surface area contributed by atoms with Crippen LogP contribution >= 0.6 is 0 Å². The van der Waals surface area contributed by atoms with E-state index in [0.717, 1.165) is 16.5 Å². The van der Waals surface area contributed by atoms with Crippen molar-refractivity contribution in [1.29, 1.82) is 0 Å². The zero-order chi connectivity index (χ0) is 33.1. The Kier molecular flexibility index (Phi) is 12.9. The SMILES string of the molecule is CC(=O)N[C@@H](Cc1c[nH]c2ccccc12)C(=O)NCC(=O)N[C@@H](CCCCN)C(=O)N1CCC[C@H]1C(=O)N[C@H](C(N)=O)C(C)C. The number of hydrogen-bond acceptors (Lipinski definition) is 7. The average Bonchev–Trinajstić information content (AvgIpc) is 3.65. The number of amides is 6. The van der Waals surface area contributed by atoms with Crippen molar-refractivity contribution in [1.82, 2.24) is 31.2 Å². The molecule has 1 saturated heterocycles. The van der Waals surface area contributed by atoms with Crippen LogP contribution < -0.4 is 32.7 Å². The number of H-pyrrole nitrogens is 1. The number of nitrogens with two attached hydrogens (primary N) is 2. The number of aromatic nitrogens is 1. The van der Waals surface area contributed by atoms with E-state index >= 15 is 0 Å². The van der Waals surface area contributed by atoms with Crippen LogP contribution in [0.4, 0.5) is 0 Å². The molecule has 9 N–H and O–H groups in total. The van der Waals surface area contributed by atoms with E-state index in [1.807, 2.05) is 24.3 Å². The normalized spacial score (nSPS) is 16.6. The number of para-hydroxylation sites is 1. The van der Waals surface area contributed by atoms with Crippen molar-refractivity contribution in [2.24, 2.45) is 17.4 Å². The molecule has 1 aliphatic rings. The summed E-state index contributed by atoms with van der Waals surface area (Å²) in [5, 5.41) is 11.5. The monoisotopic (exact) mass is 626 g/mol. The van der Waals surface area contributed by atoms with Gasteiger partial charge in [0.25, 0.3) is 0 Å². The summed E-state index contributed by atoms with van der Waals surface area (Å²) in [6, 6.07) is 4.00. The van der Waals surface area contributed by atoms with Crippen molar-refractivity contribution in [2.75, 3.05) is 19.6 Å². The summed E-state index contributed by atoms with van der Waals surface area (Å²) in [5.74, 6) is -3.35. The Morgan fingerprint density at radius 2 is 1.76 bits per heavy atom. The molecule has 0 unspecified atom stereocenters. The van der Waals surface area contributed by atoms with Gasteiger partial charge >= 0.3 is 0 Å². The van der Waals surface area contributed by atoms with E-state index in [0.29, 0.717) is 38.8 Å². The Morgan fingerprint density at radius 1 is 1.02 bits per heavy atom. The van der Waals surface area contributed by atoms with Gasteiger partial charge in [0.15, 0.2) is 0 Å². The number of likely N-dealkylation sites (tertiary alicyclic amines) is 1. The predicted octanol–water partition coefficient (Wildman–Crippen LogP) is -0.438. The van der Waals surface area contributed by atoms with Gasteiger partial charge < -0.3 is 42.6 Å². The second-order valence-corrected chi connectivity index (χ2v) is 11.8. The van der Waals surface area contributed by atoms with Gasteiger partial charge in [-0.05, 0) is 56.2 Å². The third-order valence-corrected chi connectivity index (χ3v) is 7.91. The van der Waals surface area contributed by atoms with Crippen LogP contribution in [0.1, 0.15) is 58.4 Å². The lowest BCUT2D eigenvalue weighted by Gasteiger charge is -2.30. The van der Waals surface area contributed by atoms with Crippen LogP contribution in [0.3, 0.4) is 0 Å². The molecule has 45 heavy (non-hydrogen) atoms. The van der Waals surface area contributed by atoms with Gasteiger partial charge in [-0.1, -0.05) is 32.0 Å². The molecule has 6 amide bonds. The number of aromatic amines is 1. The first-order chi connectivity index (χ1) is 21.4. The van der Waals surface area contributed by atoms with Crippen LogP contribution in [0, 0.1) is 5.92 Å². The van der Waals surface area contributed by atoms with Crippen molar-refractivity contribution in [2.45, 2.75) is 83.5 Å². The topological polar surface area (TPSA) is 222 Å². The highest BCUT2D eigenvalue weighted by Crippen LogP contribution is 2.21. The zero-order valence-electron chi connectivity index (χ0n) is 26.2. The molecule has 0 aliphatic carbocycles. The van der Waals surface area contributed by atoms with E-state index in [1.165, 1.54) is 11.8 Å². The number of rotatable bonds is 16. The number of hydrogen-bond donors (Lipinski definition) is 7. The maximum absolute atomic E-state index is 13.7. The maximum atomic E-state index is 13.7. The molecule has 1 fully saturated rings. The van der Waals surface area contributed by atoms with E-state index < -0.39 is 66.2 Å². The van der Waals surface area contributed by atoms with E-state index in [2.05, 4.69) is 26.3 Å². The minimum Gasteiger partial charge on any atom is -0.368 e. The quantitative estimate of drug-likeness (QED) is 0.122. The third-order valence-electron chi connectivity index (χ3n) is 7.91. The van der Waals surface area contributed by atoms with Gasteiger partial charge in [-0.3, -0.25) is 28.8 Å². The van der Waals surface area contributed by atoms with Gasteiger partial charge in [0.2, 0.25) is 35.4 Å². The minimum absolute atomic E-state index is 0.197. The highest BCUT2D eigenvalue weighted by molar-refractivity contribution is 5.96. The first kappa shape index (κ1) is 35.0. The van der Waals surface area contributed by atoms with Gasteiger partial charge in [0.1, 0.15) is 24.2 Å². The molecule has 246 valence electrons. The summed E-state index contributed by atoms with van der Waals surface area (Å²) in [6.07, 6.45) is 4.42. The van der Waals surface area contributed by atoms with Crippen molar-refractivity contribution in [3.63, 3.8) is 0 Å². The van der Waals surface area contributed by atoms with Crippen molar-refractivity contribution in [3.8, 4) is 0 Å². The lowest BCUT2D eigenvalue weighted by molar-refractivity contribution is -0.142. The van der Waals surface area contributed by atoms with E-state index in [-0.39, 0.29) is 18.8 Å². The molecule has 3 rings (SSSR count). The lowest BCUT2D eigenvalue weighted by Crippen LogP contribution is -2.57. The molecule has 0 bridgehead atoms. The summed E-state index contributed by atoms with van der Waals surface area (Å²) in [6.45, 7) is 5.12. The molecule has 0 radical (unpaired) electrons. The number of carbonyl (C=O) groups excluding carboxylic acids is 6. The van der Waals surface area contributed by atoms with Crippen LogP contribution in [0.5, 0.6) is 0 Å². The second-order valence-electron chi connectivity index (χ2n) is 11.8. The van der Waals surface area contributed by atoms with Crippen molar-refractivity contribution < 1.29 is 28.8 Å². The Balaban J connectivity index is 1.65. The Labute approximate surface area is 262 Å².